The molecule has 7 heteroatoms. The predicted octanol–water partition coefficient (Wildman–Crippen LogP) is 3.69. The Morgan fingerprint density at radius 1 is 1.47 bits per heavy atom. The van der Waals surface area contributed by atoms with Crippen LogP contribution in [-0.4, -0.2) is 16.7 Å². The first kappa shape index (κ1) is 14.2. The summed E-state index contributed by atoms with van der Waals surface area (Å²) >= 11 is 5.27. The minimum absolute atomic E-state index is 0.0875. The monoisotopic (exact) mass is 283 g/mol. The second kappa shape index (κ2) is 5.18. The molecule has 2 nitrogen and oxygen atoms in total. The molecule has 17 heavy (non-hydrogen) atoms. The van der Waals surface area contributed by atoms with E-state index in [1.165, 1.54) is 25.1 Å². The normalized spacial score (nSPS) is 13.5. The zero-order chi connectivity index (χ0) is 13.2. The number of carbonyl (C=O) groups excluding carboxylic acids is 1. The molecule has 0 aliphatic heterocycles. The molecule has 94 valence electrons. The number of Topliss-reactive ketones (excluding diaryl/α,β-unsaturated/α-hetero) is 1. The van der Waals surface area contributed by atoms with Crippen LogP contribution in [0.15, 0.2) is 23.1 Å². The van der Waals surface area contributed by atoms with Gasteiger partial charge in [-0.2, -0.15) is 13.2 Å². The summed E-state index contributed by atoms with van der Waals surface area (Å²) in [6, 6.07) is 3.65. The van der Waals surface area contributed by atoms with Crippen LogP contribution in [0.5, 0.6) is 0 Å². The first-order valence-corrected chi connectivity index (χ1v) is 5.79. The molecule has 1 unspecified atom stereocenters. The maximum Gasteiger partial charge on any atom is 0.446 e. The Morgan fingerprint density at radius 3 is 2.47 bits per heavy atom. The number of carbonyl (C=O) groups is 1. The van der Waals surface area contributed by atoms with Gasteiger partial charge in [-0.15, -0.1) is 11.6 Å². The van der Waals surface area contributed by atoms with Crippen LogP contribution in [0, 0.1) is 0 Å². The van der Waals surface area contributed by atoms with E-state index in [0.717, 1.165) is 0 Å². The van der Waals surface area contributed by atoms with Crippen molar-refractivity contribution in [3.8, 4) is 0 Å². The van der Waals surface area contributed by atoms with E-state index in [1.54, 1.807) is 0 Å². The van der Waals surface area contributed by atoms with Crippen LogP contribution in [0.25, 0.3) is 0 Å². The van der Waals surface area contributed by atoms with Crippen LogP contribution in [0.3, 0.4) is 0 Å². The molecule has 1 aromatic carbocycles. The van der Waals surface area contributed by atoms with Crippen LogP contribution in [0.4, 0.5) is 18.9 Å². The first-order valence-electron chi connectivity index (χ1n) is 4.54. The molecule has 0 amide bonds. The SMILES string of the molecule is CC(Cl)C(=O)c1ccc(SC(F)(F)F)c(N)c1. The molecule has 0 spiro atoms. The van der Waals surface area contributed by atoms with Crippen molar-refractivity contribution in [2.75, 3.05) is 5.73 Å². The molecule has 2 N–H and O–H groups in total. The Hall–Kier alpha value is -0.880. The second-order valence-corrected chi connectivity index (χ2v) is 5.04. The fourth-order valence-electron chi connectivity index (χ4n) is 1.15. The zero-order valence-corrected chi connectivity index (χ0v) is 10.3. The Morgan fingerprint density at radius 2 is 2.06 bits per heavy atom. The number of halogens is 4. The van der Waals surface area contributed by atoms with Gasteiger partial charge in [0.2, 0.25) is 0 Å². The molecule has 1 atom stereocenters. The third-order valence-electron chi connectivity index (χ3n) is 1.88. The van der Waals surface area contributed by atoms with Crippen LogP contribution >= 0.6 is 23.4 Å². The molecule has 0 saturated heterocycles. The van der Waals surface area contributed by atoms with Crippen LogP contribution in [0.2, 0.25) is 0 Å². The fourth-order valence-corrected chi connectivity index (χ4v) is 1.84. The van der Waals surface area contributed by atoms with Gasteiger partial charge in [-0.1, -0.05) is 6.07 Å². The molecule has 1 aromatic rings. The molecule has 0 fully saturated rings. The van der Waals surface area contributed by atoms with Gasteiger partial charge >= 0.3 is 5.51 Å². The average Bonchev–Trinajstić information content (AvgIpc) is 2.18. The number of hydrogen-bond acceptors (Lipinski definition) is 3. The van der Waals surface area contributed by atoms with Gasteiger partial charge in [0.25, 0.3) is 0 Å². The largest absolute Gasteiger partial charge is 0.446 e. The highest BCUT2D eigenvalue weighted by molar-refractivity contribution is 8.00. The number of anilines is 1. The lowest BCUT2D eigenvalue weighted by Crippen LogP contribution is -2.11. The van der Waals surface area contributed by atoms with E-state index in [-0.39, 0.29) is 33.7 Å². The van der Waals surface area contributed by atoms with E-state index >= 15 is 0 Å². The van der Waals surface area contributed by atoms with Gasteiger partial charge in [0.1, 0.15) is 0 Å². The van der Waals surface area contributed by atoms with E-state index < -0.39 is 10.9 Å². The highest BCUT2D eigenvalue weighted by Gasteiger charge is 2.30. The van der Waals surface area contributed by atoms with Crippen molar-refractivity contribution in [1.29, 1.82) is 0 Å². The second-order valence-electron chi connectivity index (χ2n) is 3.28. The fraction of sp³-hybridized carbons (Fsp3) is 0.300. The number of hydrogen-bond donors (Lipinski definition) is 1. The van der Waals surface area contributed by atoms with Crippen molar-refractivity contribution < 1.29 is 18.0 Å². The lowest BCUT2D eigenvalue weighted by molar-refractivity contribution is -0.0327. The number of rotatable bonds is 3. The molecule has 0 aliphatic carbocycles. The van der Waals surface area contributed by atoms with Crippen molar-refractivity contribution in [1.82, 2.24) is 0 Å². The minimum Gasteiger partial charge on any atom is -0.398 e. The summed E-state index contributed by atoms with van der Waals surface area (Å²) in [6.45, 7) is 1.48. The third-order valence-corrected chi connectivity index (χ3v) is 2.90. The summed E-state index contributed by atoms with van der Waals surface area (Å²) in [5.74, 6) is -0.373. The van der Waals surface area contributed by atoms with Crippen molar-refractivity contribution in [2.24, 2.45) is 0 Å². The summed E-state index contributed by atoms with van der Waals surface area (Å²) in [6.07, 6.45) is 0. The molecular weight excluding hydrogens is 275 g/mol. The highest BCUT2D eigenvalue weighted by Crippen LogP contribution is 2.39. The standard InChI is InChI=1S/C10H9ClF3NOS/c1-5(11)9(16)6-2-3-8(7(15)4-6)17-10(12,13)14/h2-5H,15H2,1H3. The van der Waals surface area contributed by atoms with Crippen molar-refractivity contribution in [2.45, 2.75) is 22.7 Å². The lowest BCUT2D eigenvalue weighted by Gasteiger charge is -2.10. The maximum absolute atomic E-state index is 12.1. The van der Waals surface area contributed by atoms with Gasteiger partial charge in [-0.25, -0.2) is 0 Å². The summed E-state index contributed by atoms with van der Waals surface area (Å²) in [7, 11) is 0. The number of thioether (sulfide) groups is 1. The van der Waals surface area contributed by atoms with E-state index in [9.17, 15) is 18.0 Å². The van der Waals surface area contributed by atoms with Crippen molar-refractivity contribution in [3.05, 3.63) is 23.8 Å². The third kappa shape index (κ3) is 4.12. The van der Waals surface area contributed by atoms with E-state index in [2.05, 4.69) is 0 Å². The quantitative estimate of drug-likeness (QED) is 0.398. The van der Waals surface area contributed by atoms with Crippen molar-refractivity contribution in [3.63, 3.8) is 0 Å². The highest BCUT2D eigenvalue weighted by atomic mass is 35.5. The summed E-state index contributed by atoms with van der Waals surface area (Å²) in [4.78, 5) is 11.3. The molecule has 0 heterocycles. The van der Waals surface area contributed by atoms with Crippen LogP contribution in [0.1, 0.15) is 17.3 Å². The lowest BCUT2D eigenvalue weighted by atomic mass is 10.1. The average molecular weight is 284 g/mol. The summed E-state index contributed by atoms with van der Waals surface area (Å²) in [5.41, 5.74) is 1.16. The van der Waals surface area contributed by atoms with Crippen LogP contribution in [-0.2, 0) is 0 Å². The molecule has 1 rings (SSSR count). The Balaban J connectivity index is 2.98. The molecular formula is C10H9ClF3NOS. The predicted molar refractivity (Wildman–Crippen MR) is 62.4 cm³/mol. The summed E-state index contributed by atoms with van der Waals surface area (Å²) in [5, 5.41) is -0.740. The van der Waals surface area contributed by atoms with Gasteiger partial charge in [0.05, 0.1) is 5.38 Å². The van der Waals surface area contributed by atoms with E-state index in [0.29, 0.717) is 0 Å². The Kier molecular flexibility index (Phi) is 4.32. The van der Waals surface area contributed by atoms with E-state index in [1.807, 2.05) is 0 Å². The first-order chi connectivity index (χ1) is 7.70. The smallest absolute Gasteiger partial charge is 0.398 e. The van der Waals surface area contributed by atoms with Gasteiger partial charge in [0, 0.05) is 16.1 Å². The summed E-state index contributed by atoms with van der Waals surface area (Å²) < 4.78 is 36.4. The van der Waals surface area contributed by atoms with Gasteiger partial charge in [-0.3, -0.25) is 4.79 Å². The number of nitrogen functional groups attached to an aromatic ring is 1. The molecule has 0 aromatic heterocycles. The van der Waals surface area contributed by atoms with E-state index in [4.69, 9.17) is 17.3 Å². The van der Waals surface area contributed by atoms with Gasteiger partial charge < -0.3 is 5.73 Å². The molecule has 0 saturated carbocycles. The zero-order valence-electron chi connectivity index (χ0n) is 8.72. The Labute approximate surface area is 105 Å². The van der Waals surface area contributed by atoms with Crippen LogP contribution < -0.4 is 5.73 Å². The number of nitrogens with two attached hydrogens (primary N) is 1. The minimum atomic E-state index is -4.40. The number of benzene rings is 1. The molecule has 0 radical (unpaired) electrons. The van der Waals surface area contributed by atoms with Crippen molar-refractivity contribution >= 4 is 34.8 Å². The van der Waals surface area contributed by atoms with Gasteiger partial charge in [-0.05, 0) is 30.8 Å². The maximum atomic E-state index is 12.1. The van der Waals surface area contributed by atoms with Gasteiger partial charge in [0.15, 0.2) is 5.78 Å². The molecule has 0 aliphatic rings. The topological polar surface area (TPSA) is 43.1 Å². The Bertz CT molecular complexity index is 434. The number of alkyl halides is 4. The number of ketones is 1. The molecule has 0 bridgehead atoms.